The summed E-state index contributed by atoms with van der Waals surface area (Å²) >= 11 is 0. The highest BCUT2D eigenvalue weighted by molar-refractivity contribution is 5.49. The van der Waals surface area contributed by atoms with Gasteiger partial charge in [0.05, 0.1) is 5.69 Å². The van der Waals surface area contributed by atoms with Gasteiger partial charge in [0.1, 0.15) is 5.69 Å². The van der Waals surface area contributed by atoms with Crippen molar-refractivity contribution in [1.29, 1.82) is 0 Å². The lowest BCUT2D eigenvalue weighted by atomic mass is 9.97. The number of hydrogen-bond donors (Lipinski definition) is 3. The van der Waals surface area contributed by atoms with E-state index in [0.29, 0.717) is 0 Å². The largest absolute Gasteiger partial charge is 0.340 e. The van der Waals surface area contributed by atoms with Gasteiger partial charge in [0, 0.05) is 24.4 Å². The second-order valence-electron chi connectivity index (χ2n) is 3.98. The van der Waals surface area contributed by atoms with Crippen molar-refractivity contribution in [3.8, 4) is 11.5 Å². The van der Waals surface area contributed by atoms with Crippen LogP contribution in [0.15, 0.2) is 12.3 Å². The molecule has 3 rings (SSSR count). The molecule has 0 spiro atoms. The summed E-state index contributed by atoms with van der Waals surface area (Å²) in [4.78, 5) is 7.85. The second-order valence-corrected chi connectivity index (χ2v) is 3.98. The fourth-order valence-corrected chi connectivity index (χ4v) is 2.02. The maximum atomic E-state index is 5.91. The minimum atomic E-state index is 0.271. The molecule has 15 heavy (non-hydrogen) atoms. The van der Waals surface area contributed by atoms with E-state index in [1.54, 1.807) is 6.20 Å². The smallest absolute Gasteiger partial charge is 0.155 e. The van der Waals surface area contributed by atoms with Crippen LogP contribution < -0.4 is 5.73 Å². The summed E-state index contributed by atoms with van der Waals surface area (Å²) in [5.74, 6) is 0.867. The zero-order chi connectivity index (χ0) is 10.3. The number of aromatic amines is 2. The summed E-state index contributed by atoms with van der Waals surface area (Å²) in [5, 5.41) is 6.81. The molecule has 0 radical (unpaired) electrons. The maximum Gasteiger partial charge on any atom is 0.155 e. The van der Waals surface area contributed by atoms with Crippen LogP contribution in [0.1, 0.15) is 17.8 Å². The Hall–Kier alpha value is -1.62. The summed E-state index contributed by atoms with van der Waals surface area (Å²) in [6.45, 7) is 0. The van der Waals surface area contributed by atoms with Crippen LogP contribution in [-0.2, 0) is 12.8 Å². The summed E-state index contributed by atoms with van der Waals surface area (Å²) < 4.78 is 0. The molecular weight excluding hydrogens is 190 g/mol. The Morgan fingerprint density at radius 3 is 3.20 bits per heavy atom. The van der Waals surface area contributed by atoms with Gasteiger partial charge in [-0.2, -0.15) is 5.10 Å². The van der Waals surface area contributed by atoms with Crippen molar-refractivity contribution in [1.82, 2.24) is 20.2 Å². The third-order valence-electron chi connectivity index (χ3n) is 2.84. The van der Waals surface area contributed by atoms with Crippen LogP contribution in [0.3, 0.4) is 0 Å². The van der Waals surface area contributed by atoms with Crippen molar-refractivity contribution < 1.29 is 0 Å². The SMILES string of the molecule is NC1CCc2nc(-c3ccn[nH]3)[nH]c2C1. The fraction of sp³-hybridized carbons (Fsp3) is 0.400. The van der Waals surface area contributed by atoms with Gasteiger partial charge >= 0.3 is 0 Å². The Labute approximate surface area is 87.1 Å². The molecule has 2 aromatic rings. The van der Waals surface area contributed by atoms with E-state index in [4.69, 9.17) is 5.73 Å². The molecule has 1 unspecified atom stereocenters. The third kappa shape index (κ3) is 1.45. The number of nitrogens with zero attached hydrogens (tertiary/aromatic N) is 2. The van der Waals surface area contributed by atoms with E-state index >= 15 is 0 Å². The van der Waals surface area contributed by atoms with Crippen LogP contribution in [0.25, 0.3) is 11.5 Å². The van der Waals surface area contributed by atoms with Gasteiger partial charge < -0.3 is 10.7 Å². The number of aryl methyl sites for hydroxylation is 1. The predicted octanol–water partition coefficient (Wildman–Crippen LogP) is 0.616. The Kier molecular flexibility index (Phi) is 1.85. The number of H-pyrrole nitrogens is 2. The van der Waals surface area contributed by atoms with Crippen LogP contribution in [0, 0.1) is 0 Å². The average molecular weight is 203 g/mol. The molecule has 2 heterocycles. The monoisotopic (exact) mass is 203 g/mol. The lowest BCUT2D eigenvalue weighted by molar-refractivity contribution is 0.565. The Morgan fingerprint density at radius 2 is 2.40 bits per heavy atom. The quantitative estimate of drug-likeness (QED) is 0.635. The van der Waals surface area contributed by atoms with Gasteiger partial charge in [0.15, 0.2) is 5.82 Å². The Morgan fingerprint density at radius 1 is 1.47 bits per heavy atom. The van der Waals surface area contributed by atoms with Crippen molar-refractivity contribution in [3.05, 3.63) is 23.7 Å². The minimum absolute atomic E-state index is 0.271. The van der Waals surface area contributed by atoms with Gasteiger partial charge in [-0.3, -0.25) is 5.10 Å². The maximum absolute atomic E-state index is 5.91. The van der Waals surface area contributed by atoms with Gasteiger partial charge in [0.2, 0.25) is 0 Å². The molecular formula is C10H13N5. The molecule has 0 saturated heterocycles. The first-order chi connectivity index (χ1) is 7.33. The van der Waals surface area contributed by atoms with Gasteiger partial charge in [0.25, 0.3) is 0 Å². The van der Waals surface area contributed by atoms with E-state index in [1.165, 1.54) is 5.69 Å². The molecule has 0 amide bonds. The van der Waals surface area contributed by atoms with Gasteiger partial charge in [-0.1, -0.05) is 0 Å². The summed E-state index contributed by atoms with van der Waals surface area (Å²) in [7, 11) is 0. The average Bonchev–Trinajstić information content (AvgIpc) is 2.84. The molecule has 4 N–H and O–H groups in total. The first-order valence-electron chi connectivity index (χ1n) is 5.16. The number of nitrogens with one attached hydrogen (secondary N) is 2. The lowest BCUT2D eigenvalue weighted by Crippen LogP contribution is -2.27. The first-order valence-corrected chi connectivity index (χ1v) is 5.16. The molecule has 78 valence electrons. The minimum Gasteiger partial charge on any atom is -0.340 e. The molecule has 0 saturated carbocycles. The Balaban J connectivity index is 2.00. The van der Waals surface area contributed by atoms with Crippen molar-refractivity contribution in [2.24, 2.45) is 5.73 Å². The molecule has 0 fully saturated rings. The number of rotatable bonds is 1. The third-order valence-corrected chi connectivity index (χ3v) is 2.84. The number of hydrogen-bond acceptors (Lipinski definition) is 3. The molecule has 5 heteroatoms. The molecule has 5 nitrogen and oxygen atoms in total. The highest BCUT2D eigenvalue weighted by Gasteiger charge is 2.19. The zero-order valence-corrected chi connectivity index (χ0v) is 8.33. The Bertz CT molecular complexity index is 456. The summed E-state index contributed by atoms with van der Waals surface area (Å²) in [5.41, 5.74) is 9.17. The van der Waals surface area contributed by atoms with Gasteiger partial charge in [-0.25, -0.2) is 4.98 Å². The molecule has 0 aromatic carbocycles. The number of fused-ring (bicyclic) bond motifs is 1. The van der Waals surface area contributed by atoms with E-state index < -0.39 is 0 Å². The van der Waals surface area contributed by atoms with Crippen LogP contribution in [0.4, 0.5) is 0 Å². The van der Waals surface area contributed by atoms with Crippen molar-refractivity contribution in [2.75, 3.05) is 0 Å². The second kappa shape index (κ2) is 3.20. The van der Waals surface area contributed by atoms with Crippen LogP contribution >= 0.6 is 0 Å². The highest BCUT2D eigenvalue weighted by atomic mass is 15.1. The predicted molar refractivity (Wildman–Crippen MR) is 56.2 cm³/mol. The number of aromatic nitrogens is 4. The van der Waals surface area contributed by atoms with E-state index in [9.17, 15) is 0 Å². The van der Waals surface area contributed by atoms with Crippen molar-refractivity contribution in [3.63, 3.8) is 0 Å². The van der Waals surface area contributed by atoms with Crippen LogP contribution in [0.5, 0.6) is 0 Å². The topological polar surface area (TPSA) is 83.4 Å². The molecule has 1 aliphatic rings. The first kappa shape index (κ1) is 8.67. The standard InChI is InChI=1S/C10H13N5/c11-6-1-2-7-9(5-6)14-10(13-7)8-3-4-12-15-8/h3-4,6H,1-2,5,11H2,(H,12,15)(H,13,14). The number of nitrogens with two attached hydrogens (primary N) is 1. The van der Waals surface area contributed by atoms with Crippen LogP contribution in [-0.4, -0.2) is 26.2 Å². The molecule has 2 aromatic heterocycles. The van der Waals surface area contributed by atoms with E-state index in [1.807, 2.05) is 6.07 Å². The number of imidazole rings is 1. The highest BCUT2D eigenvalue weighted by Crippen LogP contribution is 2.22. The zero-order valence-electron chi connectivity index (χ0n) is 8.33. The summed E-state index contributed by atoms with van der Waals surface area (Å²) in [6.07, 6.45) is 4.63. The molecule has 1 atom stereocenters. The van der Waals surface area contributed by atoms with E-state index in [2.05, 4.69) is 20.2 Å². The summed E-state index contributed by atoms with van der Waals surface area (Å²) in [6, 6.07) is 2.18. The van der Waals surface area contributed by atoms with Gasteiger partial charge in [-0.05, 0) is 18.9 Å². The molecule has 0 bridgehead atoms. The van der Waals surface area contributed by atoms with Crippen molar-refractivity contribution in [2.45, 2.75) is 25.3 Å². The fourth-order valence-electron chi connectivity index (χ4n) is 2.02. The van der Waals surface area contributed by atoms with E-state index in [0.717, 1.165) is 36.5 Å². The molecule has 1 aliphatic carbocycles. The normalized spacial score (nSPS) is 20.2. The van der Waals surface area contributed by atoms with Crippen LogP contribution in [0.2, 0.25) is 0 Å². The van der Waals surface area contributed by atoms with Crippen molar-refractivity contribution >= 4 is 0 Å². The van der Waals surface area contributed by atoms with E-state index in [-0.39, 0.29) is 6.04 Å². The lowest BCUT2D eigenvalue weighted by Gasteiger charge is -2.15. The van der Waals surface area contributed by atoms with Gasteiger partial charge in [-0.15, -0.1) is 0 Å². The molecule has 0 aliphatic heterocycles.